The van der Waals surface area contributed by atoms with Gasteiger partial charge in [0, 0.05) is 24.4 Å². The summed E-state index contributed by atoms with van der Waals surface area (Å²) in [6.45, 7) is 8.94. The summed E-state index contributed by atoms with van der Waals surface area (Å²) in [5.41, 5.74) is -2.00. The third-order valence-electron chi connectivity index (χ3n) is 7.83. The van der Waals surface area contributed by atoms with Gasteiger partial charge in [-0.1, -0.05) is 20.8 Å². The second-order valence-corrected chi connectivity index (χ2v) is 8.51. The van der Waals surface area contributed by atoms with Crippen molar-refractivity contribution in [1.29, 1.82) is 0 Å². The zero-order chi connectivity index (χ0) is 15.5. The lowest BCUT2D eigenvalue weighted by Crippen LogP contribution is -2.73. The van der Waals surface area contributed by atoms with Crippen molar-refractivity contribution in [2.24, 2.45) is 29.1 Å². The van der Waals surface area contributed by atoms with Gasteiger partial charge in [-0.25, -0.2) is 0 Å². The summed E-state index contributed by atoms with van der Waals surface area (Å²) in [6.07, 6.45) is 1.44. The lowest BCUT2D eigenvalue weighted by Gasteiger charge is -2.58. The molecule has 22 heavy (non-hydrogen) atoms. The van der Waals surface area contributed by atoms with Crippen LogP contribution in [0, 0.1) is 29.1 Å². The summed E-state index contributed by atoms with van der Waals surface area (Å²) in [5, 5.41) is 11.8. The molecule has 5 aliphatic rings. The standard InChI is InChI=1S/C17H25NO4/c1-9(2)11-12-14(19)22-13(11)17-15(3)10(4-5-16(12,15)20)8-18(17)6-7-21-17/h9-13,20H,4-8H2,1-3H3/t10-,11+,12-,13+,15+,16-,17+/m1/s1. The third kappa shape index (κ3) is 1.06. The highest BCUT2D eigenvalue weighted by Crippen LogP contribution is 2.73. The molecular weight excluding hydrogens is 282 g/mol. The first-order valence-corrected chi connectivity index (χ1v) is 8.70. The van der Waals surface area contributed by atoms with Gasteiger partial charge in [0.15, 0.2) is 5.72 Å². The Bertz CT molecular complexity index is 565. The molecule has 0 radical (unpaired) electrons. The van der Waals surface area contributed by atoms with Crippen LogP contribution in [-0.4, -0.2) is 53.1 Å². The highest BCUT2D eigenvalue weighted by molar-refractivity contribution is 5.79. The molecule has 1 N–H and O–H groups in total. The minimum absolute atomic E-state index is 0.0445. The van der Waals surface area contributed by atoms with Gasteiger partial charge in [-0.15, -0.1) is 0 Å². The lowest BCUT2D eigenvalue weighted by atomic mass is 9.51. The molecule has 3 saturated heterocycles. The molecule has 7 atom stereocenters. The maximum Gasteiger partial charge on any atom is 0.312 e. The van der Waals surface area contributed by atoms with Crippen molar-refractivity contribution < 1.29 is 19.4 Å². The fraction of sp³-hybridized carbons (Fsp3) is 0.941. The number of esters is 1. The van der Waals surface area contributed by atoms with E-state index >= 15 is 0 Å². The van der Waals surface area contributed by atoms with Gasteiger partial charge >= 0.3 is 5.97 Å². The van der Waals surface area contributed by atoms with Gasteiger partial charge in [-0.3, -0.25) is 9.69 Å². The lowest BCUT2D eigenvalue weighted by molar-refractivity contribution is -0.283. The minimum Gasteiger partial charge on any atom is -0.457 e. The molecule has 3 aliphatic heterocycles. The Labute approximate surface area is 130 Å². The SMILES string of the molecule is CC(C)[C@H]1[C@@H]2C(=O)O[C@@H]1[C@@]13OCCN1C[C@H]1CC[C@]2(O)[C@]13C. The van der Waals surface area contributed by atoms with Crippen LogP contribution in [0.3, 0.4) is 0 Å². The number of hydrogen-bond acceptors (Lipinski definition) is 5. The summed E-state index contributed by atoms with van der Waals surface area (Å²) in [4.78, 5) is 15.0. The molecule has 1 spiro atoms. The number of carbonyl (C=O) groups excluding carboxylic acids is 1. The van der Waals surface area contributed by atoms with E-state index in [1.54, 1.807) is 0 Å². The van der Waals surface area contributed by atoms with Crippen LogP contribution in [-0.2, 0) is 14.3 Å². The van der Waals surface area contributed by atoms with Gasteiger partial charge in [-0.2, -0.15) is 0 Å². The second kappa shape index (κ2) is 3.70. The van der Waals surface area contributed by atoms with E-state index in [1.807, 2.05) is 0 Å². The Balaban J connectivity index is 1.80. The number of ether oxygens (including phenoxy) is 2. The smallest absolute Gasteiger partial charge is 0.312 e. The maximum atomic E-state index is 12.7. The Hall–Kier alpha value is -0.650. The van der Waals surface area contributed by atoms with Gasteiger partial charge in [0.05, 0.1) is 18.1 Å². The first-order chi connectivity index (χ1) is 10.4. The van der Waals surface area contributed by atoms with E-state index in [4.69, 9.17) is 9.47 Å². The van der Waals surface area contributed by atoms with Crippen molar-refractivity contribution >= 4 is 5.97 Å². The molecule has 2 saturated carbocycles. The molecule has 0 amide bonds. The van der Waals surface area contributed by atoms with Crippen molar-refractivity contribution in [3.05, 3.63) is 0 Å². The van der Waals surface area contributed by atoms with E-state index in [9.17, 15) is 9.90 Å². The monoisotopic (exact) mass is 307 g/mol. The van der Waals surface area contributed by atoms with Gasteiger partial charge < -0.3 is 14.6 Å². The zero-order valence-corrected chi connectivity index (χ0v) is 13.5. The molecule has 122 valence electrons. The van der Waals surface area contributed by atoms with Crippen LogP contribution in [0.2, 0.25) is 0 Å². The summed E-state index contributed by atoms with van der Waals surface area (Å²) in [7, 11) is 0. The van der Waals surface area contributed by atoms with Crippen molar-refractivity contribution in [1.82, 2.24) is 4.90 Å². The van der Waals surface area contributed by atoms with Crippen LogP contribution in [0.15, 0.2) is 0 Å². The van der Waals surface area contributed by atoms with Crippen LogP contribution in [0.5, 0.6) is 0 Å². The van der Waals surface area contributed by atoms with Crippen LogP contribution in [0.25, 0.3) is 0 Å². The van der Waals surface area contributed by atoms with Crippen LogP contribution >= 0.6 is 0 Å². The van der Waals surface area contributed by atoms with Gasteiger partial charge in [0.1, 0.15) is 6.10 Å². The van der Waals surface area contributed by atoms with E-state index < -0.39 is 16.7 Å². The fourth-order valence-corrected chi connectivity index (χ4v) is 6.95. The van der Waals surface area contributed by atoms with Crippen LogP contribution < -0.4 is 0 Å². The fourth-order valence-electron chi connectivity index (χ4n) is 6.95. The summed E-state index contributed by atoms with van der Waals surface area (Å²) in [6, 6.07) is 0. The molecule has 0 aromatic carbocycles. The van der Waals surface area contributed by atoms with E-state index in [0.29, 0.717) is 18.9 Å². The molecule has 5 fully saturated rings. The number of fused-ring (bicyclic) bond motifs is 3. The molecule has 5 heteroatoms. The van der Waals surface area contributed by atoms with E-state index in [0.717, 1.165) is 19.5 Å². The second-order valence-electron chi connectivity index (χ2n) is 8.51. The molecular formula is C17H25NO4. The quantitative estimate of drug-likeness (QED) is 0.733. The summed E-state index contributed by atoms with van der Waals surface area (Å²) < 4.78 is 12.3. The zero-order valence-electron chi connectivity index (χ0n) is 13.5. The van der Waals surface area contributed by atoms with E-state index in [2.05, 4.69) is 25.7 Å². The molecule has 0 unspecified atom stereocenters. The predicted molar refractivity (Wildman–Crippen MR) is 77.7 cm³/mol. The topological polar surface area (TPSA) is 59.0 Å². The predicted octanol–water partition coefficient (Wildman–Crippen LogP) is 1.00. The van der Waals surface area contributed by atoms with Crippen molar-refractivity contribution in [2.75, 3.05) is 19.7 Å². The summed E-state index contributed by atoms with van der Waals surface area (Å²) >= 11 is 0. The Kier molecular flexibility index (Phi) is 2.32. The highest BCUT2D eigenvalue weighted by atomic mass is 16.6. The number of aliphatic hydroxyl groups is 1. The Morgan fingerprint density at radius 1 is 1.41 bits per heavy atom. The van der Waals surface area contributed by atoms with Gasteiger partial charge in [0.2, 0.25) is 0 Å². The van der Waals surface area contributed by atoms with E-state index in [-0.39, 0.29) is 29.8 Å². The molecule has 5 nitrogen and oxygen atoms in total. The highest BCUT2D eigenvalue weighted by Gasteiger charge is 2.86. The van der Waals surface area contributed by atoms with Crippen molar-refractivity contribution in [3.63, 3.8) is 0 Å². The first kappa shape index (κ1) is 13.8. The molecule has 3 heterocycles. The number of nitrogens with zero attached hydrogens (tertiary/aromatic N) is 1. The largest absolute Gasteiger partial charge is 0.457 e. The average molecular weight is 307 g/mol. The third-order valence-corrected chi connectivity index (χ3v) is 7.83. The van der Waals surface area contributed by atoms with E-state index in [1.165, 1.54) is 0 Å². The average Bonchev–Trinajstić information content (AvgIpc) is 3.11. The molecule has 0 aromatic rings. The van der Waals surface area contributed by atoms with Gasteiger partial charge in [-0.05, 0) is 24.7 Å². The number of carbonyl (C=O) groups is 1. The normalized spacial score (nSPS) is 59.0. The van der Waals surface area contributed by atoms with Gasteiger partial charge in [0.25, 0.3) is 0 Å². The molecule has 2 aliphatic carbocycles. The number of rotatable bonds is 1. The summed E-state index contributed by atoms with van der Waals surface area (Å²) in [5.74, 6) is 0.137. The van der Waals surface area contributed by atoms with Crippen LogP contribution in [0.1, 0.15) is 33.6 Å². The molecule has 2 bridgehead atoms. The number of hydrogen-bond donors (Lipinski definition) is 1. The van der Waals surface area contributed by atoms with Crippen molar-refractivity contribution in [3.8, 4) is 0 Å². The molecule has 5 rings (SSSR count). The Morgan fingerprint density at radius 2 is 2.18 bits per heavy atom. The Morgan fingerprint density at radius 3 is 2.91 bits per heavy atom. The van der Waals surface area contributed by atoms with Crippen LogP contribution in [0.4, 0.5) is 0 Å². The molecule has 0 aromatic heterocycles. The maximum absolute atomic E-state index is 12.7. The first-order valence-electron chi connectivity index (χ1n) is 8.70. The minimum atomic E-state index is -0.990. The van der Waals surface area contributed by atoms with Crippen molar-refractivity contribution in [2.45, 2.75) is 51.0 Å².